The summed E-state index contributed by atoms with van der Waals surface area (Å²) in [5.41, 5.74) is 0.652. The van der Waals surface area contributed by atoms with Crippen molar-refractivity contribution >= 4 is 11.6 Å². The topological polar surface area (TPSA) is 41.9 Å². The minimum Gasteiger partial charge on any atom is -0.391 e. The molecule has 6 heteroatoms. The zero-order valence-corrected chi connectivity index (χ0v) is 11.5. The second kappa shape index (κ2) is 5.79. The highest BCUT2D eigenvalue weighted by molar-refractivity contribution is 6.01. The van der Waals surface area contributed by atoms with Crippen molar-refractivity contribution in [1.29, 1.82) is 0 Å². The van der Waals surface area contributed by atoms with Gasteiger partial charge in [-0.05, 0) is 25.0 Å². The predicted octanol–water partition coefficient (Wildman–Crippen LogP) is 2.47. The summed E-state index contributed by atoms with van der Waals surface area (Å²) in [6.07, 6.45) is 2.33. The van der Waals surface area contributed by atoms with E-state index in [1.807, 2.05) is 4.90 Å². The fourth-order valence-electron chi connectivity index (χ4n) is 2.71. The van der Waals surface area contributed by atoms with Crippen molar-refractivity contribution in [3.8, 4) is 0 Å². The second-order valence-corrected chi connectivity index (χ2v) is 5.39. The normalized spacial score (nSPS) is 21.3. The molecule has 1 fully saturated rings. The van der Waals surface area contributed by atoms with Gasteiger partial charge in [-0.2, -0.15) is 0 Å². The van der Waals surface area contributed by atoms with Crippen molar-refractivity contribution in [3.63, 3.8) is 0 Å². The molecule has 0 aromatic heterocycles. The third kappa shape index (κ3) is 3.04. The zero-order chi connectivity index (χ0) is 14.8. The maximum Gasteiger partial charge on any atom is 0.226 e. The first-order valence-electron chi connectivity index (χ1n) is 7.09. The number of halogens is 2. The summed E-state index contributed by atoms with van der Waals surface area (Å²) in [6.45, 7) is 1.59. The molecule has 1 unspecified atom stereocenters. The largest absolute Gasteiger partial charge is 0.391 e. The molecule has 0 saturated carbocycles. The lowest BCUT2D eigenvalue weighted by Gasteiger charge is -2.16. The van der Waals surface area contributed by atoms with Gasteiger partial charge in [0.15, 0.2) is 0 Å². The molecule has 1 amide bonds. The Morgan fingerprint density at radius 3 is 2.81 bits per heavy atom. The Kier molecular flexibility index (Phi) is 3.86. The van der Waals surface area contributed by atoms with Gasteiger partial charge in [0.2, 0.25) is 5.91 Å². The molecule has 0 N–H and O–H groups in total. The van der Waals surface area contributed by atoms with Gasteiger partial charge in [-0.15, -0.1) is 0 Å². The Hall–Kier alpha value is -1.98. The molecular formula is C15H16F2N2O2. The lowest BCUT2D eigenvalue weighted by molar-refractivity contribution is -0.132. The van der Waals surface area contributed by atoms with Gasteiger partial charge >= 0.3 is 0 Å². The minimum absolute atomic E-state index is 0.0496. The van der Waals surface area contributed by atoms with Gasteiger partial charge in [0.05, 0.1) is 12.1 Å². The van der Waals surface area contributed by atoms with E-state index < -0.39 is 11.6 Å². The average Bonchev–Trinajstić information content (AvgIpc) is 3.09. The lowest BCUT2D eigenvalue weighted by atomic mass is 10.0. The number of nitrogens with zero attached hydrogens (tertiary/aromatic N) is 2. The first-order valence-corrected chi connectivity index (χ1v) is 7.09. The third-order valence-electron chi connectivity index (χ3n) is 3.84. The van der Waals surface area contributed by atoms with E-state index in [1.54, 1.807) is 0 Å². The molecule has 1 saturated heterocycles. The van der Waals surface area contributed by atoms with Crippen LogP contribution in [0.5, 0.6) is 0 Å². The molecule has 0 radical (unpaired) electrons. The van der Waals surface area contributed by atoms with Crippen LogP contribution in [0, 0.1) is 11.6 Å². The Balaban J connectivity index is 1.60. The highest BCUT2D eigenvalue weighted by atomic mass is 19.1. The van der Waals surface area contributed by atoms with E-state index in [9.17, 15) is 13.6 Å². The SMILES string of the molecule is O=C(CC1CC(c2ccc(F)cc2F)=NO1)N1CCCC1. The number of oxime groups is 1. The highest BCUT2D eigenvalue weighted by Gasteiger charge is 2.29. The van der Waals surface area contributed by atoms with Crippen LogP contribution in [0.1, 0.15) is 31.2 Å². The van der Waals surface area contributed by atoms with Crippen molar-refractivity contribution in [2.45, 2.75) is 31.8 Å². The standard InChI is InChI=1S/C15H16F2N2O2/c16-10-3-4-12(13(17)7-10)14-8-11(21-18-14)9-15(20)19-5-1-2-6-19/h3-4,7,11H,1-2,5-6,8-9H2. The van der Waals surface area contributed by atoms with Crippen LogP contribution in [-0.4, -0.2) is 35.7 Å². The molecule has 21 heavy (non-hydrogen) atoms. The van der Waals surface area contributed by atoms with Crippen LogP contribution in [0.4, 0.5) is 8.78 Å². The average molecular weight is 294 g/mol. The van der Waals surface area contributed by atoms with Gasteiger partial charge in [0.1, 0.15) is 17.7 Å². The van der Waals surface area contributed by atoms with Crippen LogP contribution in [0.2, 0.25) is 0 Å². The molecular weight excluding hydrogens is 278 g/mol. The van der Waals surface area contributed by atoms with Crippen LogP contribution in [0.15, 0.2) is 23.4 Å². The molecule has 1 aromatic rings. The van der Waals surface area contributed by atoms with E-state index in [4.69, 9.17) is 4.84 Å². The molecule has 0 spiro atoms. The lowest BCUT2D eigenvalue weighted by Crippen LogP contribution is -2.30. The van der Waals surface area contributed by atoms with E-state index >= 15 is 0 Å². The van der Waals surface area contributed by atoms with Crippen molar-refractivity contribution in [3.05, 3.63) is 35.4 Å². The molecule has 4 nitrogen and oxygen atoms in total. The van der Waals surface area contributed by atoms with Crippen LogP contribution in [0.25, 0.3) is 0 Å². The Morgan fingerprint density at radius 2 is 2.10 bits per heavy atom. The molecule has 2 aliphatic rings. The monoisotopic (exact) mass is 294 g/mol. The number of amides is 1. The van der Waals surface area contributed by atoms with Gasteiger partial charge in [-0.3, -0.25) is 4.79 Å². The molecule has 2 aliphatic heterocycles. The maximum absolute atomic E-state index is 13.7. The fraction of sp³-hybridized carbons (Fsp3) is 0.467. The molecule has 3 rings (SSSR count). The fourth-order valence-corrected chi connectivity index (χ4v) is 2.71. The quantitative estimate of drug-likeness (QED) is 0.859. The van der Waals surface area contributed by atoms with Gasteiger partial charge in [0.25, 0.3) is 0 Å². The molecule has 1 aromatic carbocycles. The number of hydrogen-bond donors (Lipinski definition) is 0. The van der Waals surface area contributed by atoms with Crippen molar-refractivity contribution in [2.24, 2.45) is 5.16 Å². The van der Waals surface area contributed by atoms with Crippen molar-refractivity contribution < 1.29 is 18.4 Å². The number of likely N-dealkylation sites (tertiary alicyclic amines) is 1. The Labute approximate surface area is 121 Å². The highest BCUT2D eigenvalue weighted by Crippen LogP contribution is 2.22. The predicted molar refractivity (Wildman–Crippen MR) is 72.8 cm³/mol. The number of hydrogen-bond acceptors (Lipinski definition) is 3. The number of benzene rings is 1. The summed E-state index contributed by atoms with van der Waals surface area (Å²) in [4.78, 5) is 19.1. The number of carbonyl (C=O) groups excluding carboxylic acids is 1. The number of carbonyl (C=O) groups is 1. The Bertz CT molecular complexity index is 583. The number of rotatable bonds is 3. The van der Waals surface area contributed by atoms with Crippen LogP contribution in [0.3, 0.4) is 0 Å². The second-order valence-electron chi connectivity index (χ2n) is 5.39. The van der Waals surface area contributed by atoms with Gasteiger partial charge < -0.3 is 9.74 Å². The van der Waals surface area contributed by atoms with Crippen LogP contribution < -0.4 is 0 Å². The smallest absolute Gasteiger partial charge is 0.226 e. The van der Waals surface area contributed by atoms with Crippen LogP contribution >= 0.6 is 0 Å². The minimum atomic E-state index is -0.663. The van der Waals surface area contributed by atoms with Gasteiger partial charge in [0, 0.05) is 31.1 Å². The van der Waals surface area contributed by atoms with E-state index in [1.165, 1.54) is 12.1 Å². The first kappa shape index (κ1) is 14.0. The van der Waals surface area contributed by atoms with Gasteiger partial charge in [-0.1, -0.05) is 5.16 Å². The molecule has 112 valence electrons. The summed E-state index contributed by atoms with van der Waals surface area (Å²) in [5, 5.41) is 3.84. The molecule has 2 heterocycles. The Morgan fingerprint density at radius 1 is 1.33 bits per heavy atom. The summed E-state index contributed by atoms with van der Waals surface area (Å²) in [5.74, 6) is -1.24. The summed E-state index contributed by atoms with van der Waals surface area (Å²) >= 11 is 0. The van der Waals surface area contributed by atoms with Gasteiger partial charge in [-0.25, -0.2) is 8.78 Å². The van der Waals surface area contributed by atoms with E-state index in [0.717, 1.165) is 32.0 Å². The maximum atomic E-state index is 13.7. The van der Waals surface area contributed by atoms with E-state index in [-0.39, 0.29) is 24.0 Å². The third-order valence-corrected chi connectivity index (χ3v) is 3.84. The summed E-state index contributed by atoms with van der Waals surface area (Å²) < 4.78 is 26.6. The molecule has 0 aliphatic carbocycles. The molecule has 0 bridgehead atoms. The summed E-state index contributed by atoms with van der Waals surface area (Å²) in [7, 11) is 0. The first-order chi connectivity index (χ1) is 10.1. The van der Waals surface area contributed by atoms with E-state index in [2.05, 4.69) is 5.16 Å². The van der Waals surface area contributed by atoms with E-state index in [0.29, 0.717) is 12.1 Å². The van der Waals surface area contributed by atoms with Crippen molar-refractivity contribution in [1.82, 2.24) is 4.90 Å². The molecule has 1 atom stereocenters. The summed E-state index contributed by atoms with van der Waals surface area (Å²) in [6, 6.07) is 3.35. The van der Waals surface area contributed by atoms with Crippen LogP contribution in [-0.2, 0) is 9.63 Å². The zero-order valence-electron chi connectivity index (χ0n) is 11.5. The van der Waals surface area contributed by atoms with Crippen molar-refractivity contribution in [2.75, 3.05) is 13.1 Å².